The van der Waals surface area contributed by atoms with E-state index < -0.39 is 53.3 Å². The van der Waals surface area contributed by atoms with Gasteiger partial charge in [-0.05, 0) is 74.3 Å². The molecule has 4 aromatic carbocycles. The molecule has 0 radical (unpaired) electrons. The van der Waals surface area contributed by atoms with Crippen LogP contribution < -0.4 is 67.2 Å². The standard InChI is InChI=1S/C58H73N13O12/c1-80-47-37-11-7-15-41(47)55(76)66-33-36-34-67-56(77)42-16-8-12-38(48(42)81-2)52(73)63-24-28-70(27-23-62-51(37)72)31-32-71-29-25-64-53(74)39-13-9-17-43(49(39)82-3)57(78)68-35-46(61-22-21-60-36)45(19-5-6-20-59)69-58(79)44-18-10-14-40(50(44)83-4)54(75)65-26-30-71/h7-18,45H,5-6,19-35,59H2,1-4H3,(H,62,72)(H,63,73)(H,64,74)(H,65,75)(H,66,76)(H,67,77)(H,68,78)(H,69,79). The second-order valence-electron chi connectivity index (χ2n) is 19.4. The molecule has 0 spiro atoms. The molecule has 12 bridgehead atoms. The Kier molecular flexibility index (Phi) is 22.9. The van der Waals surface area contributed by atoms with E-state index in [4.69, 9.17) is 34.7 Å². The van der Waals surface area contributed by atoms with Gasteiger partial charge in [-0.1, -0.05) is 24.3 Å². The van der Waals surface area contributed by atoms with Crippen molar-refractivity contribution in [2.45, 2.75) is 25.3 Å². The van der Waals surface area contributed by atoms with E-state index >= 15 is 0 Å². The van der Waals surface area contributed by atoms with Gasteiger partial charge < -0.3 is 67.2 Å². The van der Waals surface area contributed by atoms with Gasteiger partial charge in [0.15, 0.2) is 0 Å². The molecule has 0 aliphatic carbocycles. The van der Waals surface area contributed by atoms with E-state index in [0.717, 1.165) is 0 Å². The zero-order valence-electron chi connectivity index (χ0n) is 47.2. The number of nitrogens with one attached hydrogen (secondary N) is 8. The predicted molar refractivity (Wildman–Crippen MR) is 310 cm³/mol. The van der Waals surface area contributed by atoms with E-state index in [1.807, 2.05) is 9.80 Å². The van der Waals surface area contributed by atoms with E-state index in [2.05, 4.69) is 42.5 Å². The number of carbonyl (C=O) groups is 8. The molecule has 83 heavy (non-hydrogen) atoms. The molecule has 8 amide bonds. The average molecular weight is 1140 g/mol. The number of methoxy groups -OCH3 is 4. The normalized spacial score (nSPS) is 19.6. The summed E-state index contributed by atoms with van der Waals surface area (Å²) < 4.78 is 22.9. The fraction of sp³-hybridized carbons (Fsp3) is 0.414. The zero-order chi connectivity index (χ0) is 59.3. The number of ether oxygens (including phenoxy) is 4. The quantitative estimate of drug-likeness (QED) is 0.110. The number of nitrogens with two attached hydrogens (primary N) is 1. The highest BCUT2D eigenvalue weighted by atomic mass is 16.5. The van der Waals surface area contributed by atoms with Gasteiger partial charge in [0.1, 0.15) is 23.0 Å². The first-order valence-electron chi connectivity index (χ1n) is 27.5. The molecule has 0 fully saturated rings. The number of amides is 8. The van der Waals surface area contributed by atoms with Gasteiger partial charge in [-0.25, -0.2) is 0 Å². The molecule has 2 unspecified atom stereocenters. The number of para-hydroxylation sites is 4. The number of nitrogens with zero attached hydrogens (tertiary/aromatic N) is 4. The van der Waals surface area contributed by atoms with Crippen LogP contribution in [0.3, 0.4) is 0 Å². The van der Waals surface area contributed by atoms with Crippen molar-refractivity contribution in [3.8, 4) is 23.0 Å². The first-order chi connectivity index (χ1) is 40.3. The van der Waals surface area contributed by atoms with Crippen molar-refractivity contribution in [2.24, 2.45) is 15.7 Å². The third-order valence-electron chi connectivity index (χ3n) is 14.2. The summed E-state index contributed by atoms with van der Waals surface area (Å²) in [6.07, 6.45) is 1.40. The molecular formula is C58H73N13O12. The van der Waals surface area contributed by atoms with Gasteiger partial charge in [0.05, 0.1) is 123 Å². The van der Waals surface area contributed by atoms with Crippen LogP contribution in [0, 0.1) is 0 Å². The van der Waals surface area contributed by atoms with Crippen LogP contribution in [0.25, 0.3) is 0 Å². The van der Waals surface area contributed by atoms with Gasteiger partial charge in [-0.2, -0.15) is 0 Å². The molecule has 0 saturated carbocycles. The SMILES string of the molecule is COc1c2cccc1C(=O)NCC1=NCCN=C3CNC(=O)c4cccc(c4OC)C(=O)NCCN(CCNC(=O)c4cccc(c4OC)C(=O)NC3CCCCN)CCN(CCNC2=O)CCNC(=O)c2cccc(c2OC)C(=O)NC1. The summed E-state index contributed by atoms with van der Waals surface area (Å²) in [5.74, 6) is -4.38. The molecule has 2 atom stereocenters. The summed E-state index contributed by atoms with van der Waals surface area (Å²) in [6, 6.07) is 17.7. The van der Waals surface area contributed by atoms with Crippen molar-refractivity contribution in [1.82, 2.24) is 52.3 Å². The van der Waals surface area contributed by atoms with Crippen LogP contribution in [0.4, 0.5) is 0 Å². The Hall–Kier alpha value is -8.94. The smallest absolute Gasteiger partial charge is 0.255 e. The number of rotatable bonds is 8. The summed E-state index contributed by atoms with van der Waals surface area (Å²) >= 11 is 0. The lowest BCUT2D eigenvalue weighted by atomic mass is 10.0. The molecule has 8 rings (SSSR count). The summed E-state index contributed by atoms with van der Waals surface area (Å²) in [7, 11) is 5.43. The summed E-state index contributed by atoms with van der Waals surface area (Å²) in [5.41, 5.74) is 7.17. The molecule has 25 nitrogen and oxygen atoms in total. The topological polar surface area (TPSA) is 327 Å². The second-order valence-corrected chi connectivity index (χ2v) is 19.4. The van der Waals surface area contributed by atoms with Gasteiger partial charge in [-0.3, -0.25) is 58.1 Å². The summed E-state index contributed by atoms with van der Waals surface area (Å²) in [4.78, 5) is 127. The second kappa shape index (κ2) is 30.8. The predicted octanol–water partition coefficient (Wildman–Crippen LogP) is 0.684. The monoisotopic (exact) mass is 1140 g/mol. The molecule has 4 heterocycles. The van der Waals surface area contributed by atoms with Crippen molar-refractivity contribution >= 4 is 58.7 Å². The molecule has 4 aliphatic rings. The summed E-state index contributed by atoms with van der Waals surface area (Å²) in [6.45, 7) is 1.77. The van der Waals surface area contributed by atoms with E-state index in [0.29, 0.717) is 44.6 Å². The fourth-order valence-corrected chi connectivity index (χ4v) is 9.84. The van der Waals surface area contributed by atoms with Crippen LogP contribution in [0.15, 0.2) is 82.8 Å². The highest BCUT2D eigenvalue weighted by molar-refractivity contribution is 6.09. The highest BCUT2D eigenvalue weighted by Crippen LogP contribution is 2.28. The molecule has 4 aliphatic heterocycles. The Balaban J connectivity index is 1.39. The van der Waals surface area contributed by atoms with Crippen LogP contribution in [0.2, 0.25) is 0 Å². The lowest BCUT2D eigenvalue weighted by molar-refractivity contribution is 0.0914. The molecule has 442 valence electrons. The Morgan fingerprint density at radius 2 is 0.735 bits per heavy atom. The first kappa shape index (κ1) is 61.7. The fourth-order valence-electron chi connectivity index (χ4n) is 9.84. The highest BCUT2D eigenvalue weighted by Gasteiger charge is 2.28. The number of hydrogen-bond donors (Lipinski definition) is 9. The van der Waals surface area contributed by atoms with E-state index in [1.165, 1.54) is 64.8 Å². The number of hydrogen-bond acceptors (Lipinski definition) is 17. The van der Waals surface area contributed by atoms with Crippen molar-refractivity contribution in [1.29, 1.82) is 0 Å². The molecule has 0 saturated heterocycles. The molecule has 0 aromatic heterocycles. The van der Waals surface area contributed by atoms with Gasteiger partial charge in [-0.15, -0.1) is 0 Å². The minimum Gasteiger partial charge on any atom is -0.495 e. The number of aliphatic imine (C=N–C) groups is 2. The van der Waals surface area contributed by atoms with Gasteiger partial charge in [0.25, 0.3) is 47.3 Å². The van der Waals surface area contributed by atoms with Gasteiger partial charge in [0.2, 0.25) is 0 Å². The van der Waals surface area contributed by atoms with E-state index in [-0.39, 0.29) is 158 Å². The molecule has 25 heteroatoms. The van der Waals surface area contributed by atoms with Gasteiger partial charge in [0, 0.05) is 65.4 Å². The Morgan fingerprint density at radius 1 is 0.422 bits per heavy atom. The van der Waals surface area contributed by atoms with E-state index in [9.17, 15) is 38.4 Å². The van der Waals surface area contributed by atoms with Crippen molar-refractivity contribution in [3.05, 3.63) is 117 Å². The number of unbranched alkanes of at least 4 members (excludes halogenated alkanes) is 1. The minimum absolute atomic E-state index is 0.0222. The van der Waals surface area contributed by atoms with Crippen LogP contribution in [0.1, 0.15) is 102 Å². The van der Waals surface area contributed by atoms with E-state index in [1.54, 1.807) is 36.4 Å². The maximum Gasteiger partial charge on any atom is 0.255 e. The number of benzene rings is 4. The molecule has 4 aromatic rings. The third kappa shape index (κ3) is 16.2. The Bertz CT molecular complexity index is 3000. The average Bonchev–Trinajstić information content (AvgIpc) is 3.70. The lowest BCUT2D eigenvalue weighted by Gasteiger charge is -2.28. The van der Waals surface area contributed by atoms with Crippen molar-refractivity contribution < 1.29 is 57.3 Å². The molecule has 10 N–H and O–H groups in total. The third-order valence-corrected chi connectivity index (χ3v) is 14.2. The van der Waals surface area contributed by atoms with Crippen LogP contribution in [-0.4, -0.2) is 208 Å². The Labute approximate surface area is 481 Å². The van der Waals surface area contributed by atoms with Gasteiger partial charge >= 0.3 is 0 Å². The van der Waals surface area contributed by atoms with Crippen LogP contribution >= 0.6 is 0 Å². The number of fused-ring (bicyclic) bond motifs is 16. The summed E-state index contributed by atoms with van der Waals surface area (Å²) in [5, 5.41) is 23.5. The van der Waals surface area contributed by atoms with Crippen molar-refractivity contribution in [3.63, 3.8) is 0 Å². The maximum atomic E-state index is 14.6. The molecular weight excluding hydrogens is 1070 g/mol. The maximum absolute atomic E-state index is 14.6. The van der Waals surface area contributed by atoms with Crippen molar-refractivity contribution in [2.75, 3.05) is 133 Å². The lowest BCUT2D eigenvalue weighted by Crippen LogP contribution is -2.46. The van der Waals surface area contributed by atoms with Crippen LogP contribution in [-0.2, 0) is 0 Å². The zero-order valence-corrected chi connectivity index (χ0v) is 47.2. The Morgan fingerprint density at radius 3 is 1.07 bits per heavy atom. The van der Waals surface area contributed by atoms with Crippen LogP contribution in [0.5, 0.6) is 23.0 Å². The largest absolute Gasteiger partial charge is 0.495 e. The first-order valence-corrected chi connectivity index (χ1v) is 27.5. The minimum atomic E-state index is -0.848. The number of carbonyl (C=O) groups excluding carboxylic acids is 8.